The second-order valence-corrected chi connectivity index (χ2v) is 7.16. The quantitative estimate of drug-likeness (QED) is 0.793. The van der Waals surface area contributed by atoms with Gasteiger partial charge in [-0.15, -0.1) is 0 Å². The van der Waals surface area contributed by atoms with Crippen LogP contribution in [-0.4, -0.2) is 22.5 Å². The lowest BCUT2D eigenvalue weighted by atomic mass is 9.88. The van der Waals surface area contributed by atoms with Gasteiger partial charge in [0.1, 0.15) is 0 Å². The molecule has 1 aliphatic rings. The molecule has 2 N–H and O–H groups in total. The second kappa shape index (κ2) is 8.17. The lowest BCUT2D eigenvalue weighted by Crippen LogP contribution is -2.48. The molecule has 1 saturated carbocycles. The first-order valence-electron chi connectivity index (χ1n) is 9.24. The van der Waals surface area contributed by atoms with Crippen LogP contribution in [-0.2, 0) is 17.6 Å². The molecule has 0 unspecified atom stereocenters. The van der Waals surface area contributed by atoms with Gasteiger partial charge in [-0.05, 0) is 42.9 Å². The van der Waals surface area contributed by atoms with Crippen LogP contribution in [0.3, 0.4) is 0 Å². The minimum atomic E-state index is -0.947. The predicted molar refractivity (Wildman–Crippen MR) is 101 cm³/mol. The molecule has 0 saturated heterocycles. The number of benzene rings is 2. The Bertz CT molecular complexity index is 764. The molecule has 0 aliphatic heterocycles. The smallest absolute Gasteiger partial charge is 0.335 e. The average Bonchev–Trinajstić information content (AvgIpc) is 3.09. The summed E-state index contributed by atoms with van der Waals surface area (Å²) in [5, 5.41) is 12.5. The molecule has 0 atom stereocenters. The van der Waals surface area contributed by atoms with Gasteiger partial charge in [0.25, 0.3) is 0 Å². The molecular formula is C22H25NO3. The highest BCUT2D eigenvalue weighted by molar-refractivity contribution is 5.89. The van der Waals surface area contributed by atoms with Crippen molar-refractivity contribution in [3.05, 3.63) is 71.3 Å². The first-order chi connectivity index (χ1) is 12.6. The summed E-state index contributed by atoms with van der Waals surface area (Å²) in [6.07, 6.45) is 5.87. The molecule has 0 aromatic heterocycles. The minimum Gasteiger partial charge on any atom is -0.478 e. The van der Waals surface area contributed by atoms with Gasteiger partial charge in [0, 0.05) is 12.0 Å². The van der Waals surface area contributed by atoms with Crippen LogP contribution in [0.4, 0.5) is 0 Å². The number of carboxylic acid groups (broad SMARTS) is 1. The number of aryl methyl sites for hydroxylation is 1. The van der Waals surface area contributed by atoms with Gasteiger partial charge in [-0.1, -0.05) is 61.4 Å². The Morgan fingerprint density at radius 3 is 2.31 bits per heavy atom. The number of hydrogen-bond acceptors (Lipinski definition) is 2. The van der Waals surface area contributed by atoms with Crippen LogP contribution in [0.25, 0.3) is 0 Å². The normalized spacial score (nSPS) is 15.5. The van der Waals surface area contributed by atoms with Crippen molar-refractivity contribution in [2.45, 2.75) is 50.5 Å². The SMILES string of the molecule is O=C(CCc1ccccc1C(=O)O)NC1(Cc2ccccc2)CCCC1. The maximum absolute atomic E-state index is 12.6. The molecule has 4 nitrogen and oxygen atoms in total. The number of carbonyl (C=O) groups excluding carboxylic acids is 1. The fourth-order valence-electron chi connectivity index (χ4n) is 3.94. The van der Waals surface area contributed by atoms with E-state index in [9.17, 15) is 14.7 Å². The van der Waals surface area contributed by atoms with Crippen LogP contribution < -0.4 is 5.32 Å². The van der Waals surface area contributed by atoms with Crippen molar-refractivity contribution in [1.82, 2.24) is 5.32 Å². The maximum Gasteiger partial charge on any atom is 0.335 e. The fraction of sp³-hybridized carbons (Fsp3) is 0.364. The van der Waals surface area contributed by atoms with Crippen molar-refractivity contribution in [3.63, 3.8) is 0 Å². The Kier molecular flexibility index (Phi) is 5.71. The summed E-state index contributed by atoms with van der Waals surface area (Å²) in [5.41, 5.74) is 2.06. The summed E-state index contributed by atoms with van der Waals surface area (Å²) < 4.78 is 0. The van der Waals surface area contributed by atoms with Gasteiger partial charge in [-0.25, -0.2) is 4.79 Å². The zero-order valence-electron chi connectivity index (χ0n) is 14.9. The molecule has 1 fully saturated rings. The molecule has 0 radical (unpaired) electrons. The molecule has 1 aliphatic carbocycles. The summed E-state index contributed by atoms with van der Waals surface area (Å²) in [5.74, 6) is -0.944. The van der Waals surface area contributed by atoms with Gasteiger partial charge >= 0.3 is 5.97 Å². The Morgan fingerprint density at radius 1 is 0.962 bits per heavy atom. The van der Waals surface area contributed by atoms with Crippen molar-refractivity contribution in [1.29, 1.82) is 0 Å². The molecule has 1 amide bonds. The van der Waals surface area contributed by atoms with Crippen LogP contribution in [0.5, 0.6) is 0 Å². The van der Waals surface area contributed by atoms with Crippen LogP contribution in [0.15, 0.2) is 54.6 Å². The van der Waals surface area contributed by atoms with E-state index in [-0.39, 0.29) is 17.0 Å². The largest absolute Gasteiger partial charge is 0.478 e. The summed E-state index contributed by atoms with van der Waals surface area (Å²) in [4.78, 5) is 23.9. The number of amides is 1. The Morgan fingerprint density at radius 2 is 1.62 bits per heavy atom. The van der Waals surface area contributed by atoms with Crippen molar-refractivity contribution in [2.24, 2.45) is 0 Å². The van der Waals surface area contributed by atoms with Crippen LogP contribution >= 0.6 is 0 Å². The first kappa shape index (κ1) is 18.2. The van der Waals surface area contributed by atoms with E-state index >= 15 is 0 Å². The van der Waals surface area contributed by atoms with Crippen molar-refractivity contribution < 1.29 is 14.7 Å². The van der Waals surface area contributed by atoms with E-state index in [1.807, 2.05) is 24.3 Å². The molecule has 0 spiro atoms. The topological polar surface area (TPSA) is 66.4 Å². The number of carbonyl (C=O) groups is 2. The third-order valence-electron chi connectivity index (χ3n) is 5.22. The van der Waals surface area contributed by atoms with Crippen molar-refractivity contribution >= 4 is 11.9 Å². The number of rotatable bonds is 7. The van der Waals surface area contributed by atoms with E-state index in [1.54, 1.807) is 18.2 Å². The zero-order valence-corrected chi connectivity index (χ0v) is 14.9. The standard InChI is InChI=1S/C22H25NO3/c24-20(13-12-18-10-4-5-11-19(18)21(25)26)23-22(14-6-7-15-22)16-17-8-2-1-3-9-17/h1-5,8-11H,6-7,12-16H2,(H,23,24)(H,25,26). The number of aromatic carboxylic acids is 1. The van der Waals surface area contributed by atoms with E-state index in [1.165, 1.54) is 5.56 Å². The molecule has 2 aromatic rings. The van der Waals surface area contributed by atoms with Gasteiger partial charge in [-0.3, -0.25) is 4.79 Å². The Hall–Kier alpha value is -2.62. The van der Waals surface area contributed by atoms with E-state index in [0.717, 1.165) is 32.1 Å². The third kappa shape index (κ3) is 4.51. The van der Waals surface area contributed by atoms with Crippen LogP contribution in [0.1, 0.15) is 53.6 Å². The number of nitrogens with one attached hydrogen (secondary N) is 1. The number of hydrogen-bond donors (Lipinski definition) is 2. The highest BCUT2D eigenvalue weighted by Crippen LogP contribution is 2.33. The number of carboxylic acids is 1. The second-order valence-electron chi connectivity index (χ2n) is 7.16. The summed E-state index contributed by atoms with van der Waals surface area (Å²) in [7, 11) is 0. The molecule has 2 aromatic carbocycles. The van der Waals surface area contributed by atoms with Gasteiger partial charge in [0.2, 0.25) is 5.91 Å². The van der Waals surface area contributed by atoms with Gasteiger partial charge in [-0.2, -0.15) is 0 Å². The Balaban J connectivity index is 1.63. The lowest BCUT2D eigenvalue weighted by molar-refractivity contribution is -0.123. The van der Waals surface area contributed by atoms with E-state index < -0.39 is 5.97 Å². The molecular weight excluding hydrogens is 326 g/mol. The van der Waals surface area contributed by atoms with Crippen molar-refractivity contribution in [2.75, 3.05) is 0 Å². The average molecular weight is 351 g/mol. The maximum atomic E-state index is 12.6. The summed E-state index contributed by atoms with van der Waals surface area (Å²) in [6, 6.07) is 17.2. The molecule has 0 bridgehead atoms. The first-order valence-corrected chi connectivity index (χ1v) is 9.24. The minimum absolute atomic E-state index is 0.00280. The van der Waals surface area contributed by atoms with E-state index in [2.05, 4.69) is 17.4 Å². The van der Waals surface area contributed by atoms with Gasteiger partial charge < -0.3 is 10.4 Å². The van der Waals surface area contributed by atoms with Crippen molar-refractivity contribution in [3.8, 4) is 0 Å². The van der Waals surface area contributed by atoms with E-state index in [4.69, 9.17) is 0 Å². The highest BCUT2D eigenvalue weighted by Gasteiger charge is 2.35. The third-order valence-corrected chi connectivity index (χ3v) is 5.22. The Labute approximate surface area is 154 Å². The van der Waals surface area contributed by atoms with Crippen LogP contribution in [0, 0.1) is 0 Å². The summed E-state index contributed by atoms with van der Waals surface area (Å²) in [6.45, 7) is 0. The van der Waals surface area contributed by atoms with Gasteiger partial charge in [0.15, 0.2) is 0 Å². The summed E-state index contributed by atoms with van der Waals surface area (Å²) >= 11 is 0. The molecule has 0 heterocycles. The predicted octanol–water partition coefficient (Wildman–Crippen LogP) is 3.99. The highest BCUT2D eigenvalue weighted by atomic mass is 16.4. The molecule has 3 rings (SSSR count). The molecule has 26 heavy (non-hydrogen) atoms. The van der Waals surface area contributed by atoms with Crippen LogP contribution in [0.2, 0.25) is 0 Å². The lowest BCUT2D eigenvalue weighted by Gasteiger charge is -2.31. The monoisotopic (exact) mass is 351 g/mol. The zero-order chi connectivity index (χ0) is 18.4. The van der Waals surface area contributed by atoms with E-state index in [0.29, 0.717) is 18.4 Å². The fourth-order valence-corrected chi connectivity index (χ4v) is 3.94. The molecule has 136 valence electrons. The van der Waals surface area contributed by atoms with Gasteiger partial charge in [0.05, 0.1) is 5.56 Å². The molecule has 4 heteroatoms.